The molecular formula is C36H41N3O4S. The van der Waals surface area contributed by atoms with Gasteiger partial charge in [0.2, 0.25) is 11.8 Å². The molecule has 0 aliphatic heterocycles. The Balaban J connectivity index is 1.78. The molecule has 0 aromatic heterocycles. The van der Waals surface area contributed by atoms with Gasteiger partial charge in [-0.25, -0.2) is 8.42 Å². The van der Waals surface area contributed by atoms with Crippen molar-refractivity contribution < 1.29 is 18.0 Å². The number of amides is 2. The second-order valence-electron chi connectivity index (χ2n) is 11.0. The molecule has 0 aliphatic carbocycles. The fourth-order valence-corrected chi connectivity index (χ4v) is 6.43. The number of hydrogen-bond acceptors (Lipinski definition) is 4. The largest absolute Gasteiger partial charge is 0.354 e. The van der Waals surface area contributed by atoms with Crippen LogP contribution >= 0.6 is 0 Å². The van der Waals surface area contributed by atoms with E-state index in [1.54, 1.807) is 30.3 Å². The first kappa shape index (κ1) is 32.5. The minimum atomic E-state index is -4.11. The standard InChI is InChI=1S/C36H41N3O4S/c1-4-5-24-37-36(41)34(25-30-15-8-6-9-16-30)38(26-31-17-13-12-14-29(31)3)35(40)27-39(32-22-20-28(2)21-23-32)44(42,43)33-18-10-7-11-19-33/h6-23,34H,4-5,24-27H2,1-3H3,(H,37,41)/t34-/m0/s1. The van der Waals surface area contributed by atoms with Crippen molar-refractivity contribution in [1.82, 2.24) is 10.2 Å². The van der Waals surface area contributed by atoms with Gasteiger partial charge in [0.1, 0.15) is 12.6 Å². The van der Waals surface area contributed by atoms with Gasteiger partial charge in [0, 0.05) is 19.5 Å². The van der Waals surface area contributed by atoms with Gasteiger partial charge < -0.3 is 10.2 Å². The van der Waals surface area contributed by atoms with Gasteiger partial charge >= 0.3 is 0 Å². The summed E-state index contributed by atoms with van der Waals surface area (Å²) >= 11 is 0. The van der Waals surface area contributed by atoms with Gasteiger partial charge in [-0.15, -0.1) is 0 Å². The zero-order valence-corrected chi connectivity index (χ0v) is 26.5. The Labute approximate surface area is 261 Å². The molecule has 0 bridgehead atoms. The third kappa shape index (κ3) is 8.35. The Kier molecular flexibility index (Phi) is 11.3. The Morgan fingerprint density at radius 1 is 0.795 bits per heavy atom. The van der Waals surface area contributed by atoms with Gasteiger partial charge in [-0.1, -0.05) is 104 Å². The van der Waals surface area contributed by atoms with Gasteiger partial charge in [0.15, 0.2) is 0 Å². The molecule has 0 saturated carbocycles. The predicted octanol–water partition coefficient (Wildman–Crippen LogP) is 6.06. The summed E-state index contributed by atoms with van der Waals surface area (Å²) in [7, 11) is -4.11. The second kappa shape index (κ2) is 15.3. The molecule has 1 N–H and O–H groups in total. The topological polar surface area (TPSA) is 86.8 Å². The molecule has 4 rings (SSSR count). The number of rotatable bonds is 14. The Hall–Kier alpha value is -4.43. The first-order valence-electron chi connectivity index (χ1n) is 15.0. The number of carbonyl (C=O) groups excluding carboxylic acids is 2. The number of carbonyl (C=O) groups is 2. The van der Waals surface area contributed by atoms with Gasteiger partial charge in [0.25, 0.3) is 10.0 Å². The van der Waals surface area contributed by atoms with Crippen molar-refractivity contribution in [2.75, 3.05) is 17.4 Å². The second-order valence-corrected chi connectivity index (χ2v) is 12.8. The van der Waals surface area contributed by atoms with Crippen LogP contribution < -0.4 is 9.62 Å². The van der Waals surface area contributed by atoms with Crippen LogP contribution in [0.2, 0.25) is 0 Å². The monoisotopic (exact) mass is 611 g/mol. The number of hydrogen-bond donors (Lipinski definition) is 1. The molecule has 230 valence electrons. The van der Waals surface area contributed by atoms with Gasteiger partial charge in [-0.3, -0.25) is 13.9 Å². The Bertz CT molecular complexity index is 1630. The molecule has 44 heavy (non-hydrogen) atoms. The normalized spacial score (nSPS) is 11.9. The molecule has 0 aliphatic rings. The first-order valence-corrected chi connectivity index (χ1v) is 16.4. The SMILES string of the molecule is CCCCNC(=O)[C@H](Cc1ccccc1)N(Cc1ccccc1C)C(=O)CN(c1ccc(C)cc1)S(=O)(=O)c1ccccc1. The molecule has 0 saturated heterocycles. The molecular weight excluding hydrogens is 570 g/mol. The van der Waals surface area contributed by atoms with Crippen molar-refractivity contribution in [1.29, 1.82) is 0 Å². The minimum Gasteiger partial charge on any atom is -0.354 e. The molecule has 0 fully saturated rings. The summed E-state index contributed by atoms with van der Waals surface area (Å²) in [5, 5.41) is 3.02. The highest BCUT2D eigenvalue weighted by atomic mass is 32.2. The van der Waals surface area contributed by atoms with Crippen molar-refractivity contribution in [3.05, 3.63) is 131 Å². The molecule has 0 heterocycles. The minimum absolute atomic E-state index is 0.0805. The van der Waals surface area contributed by atoms with E-state index in [2.05, 4.69) is 12.2 Å². The summed E-state index contributed by atoms with van der Waals surface area (Å²) in [4.78, 5) is 29.9. The zero-order chi connectivity index (χ0) is 31.5. The molecule has 8 heteroatoms. The highest BCUT2D eigenvalue weighted by Gasteiger charge is 2.34. The van der Waals surface area contributed by atoms with E-state index >= 15 is 0 Å². The van der Waals surface area contributed by atoms with Crippen LogP contribution in [0.5, 0.6) is 0 Å². The van der Waals surface area contributed by atoms with Crippen LogP contribution in [0.3, 0.4) is 0 Å². The molecule has 2 amide bonds. The molecule has 0 unspecified atom stereocenters. The third-order valence-corrected chi connectivity index (χ3v) is 9.42. The summed E-state index contributed by atoms with van der Waals surface area (Å²) in [6.07, 6.45) is 2.01. The maximum atomic E-state index is 14.5. The first-order chi connectivity index (χ1) is 21.2. The van der Waals surface area contributed by atoms with Gasteiger partial charge in [-0.2, -0.15) is 0 Å². The van der Waals surface area contributed by atoms with Crippen molar-refractivity contribution in [3.8, 4) is 0 Å². The highest BCUT2D eigenvalue weighted by Crippen LogP contribution is 2.25. The van der Waals surface area contributed by atoms with E-state index in [9.17, 15) is 18.0 Å². The summed E-state index contributed by atoms with van der Waals surface area (Å²) < 4.78 is 29.2. The number of aryl methyl sites for hydroxylation is 2. The predicted molar refractivity (Wildman–Crippen MR) is 176 cm³/mol. The Morgan fingerprint density at radius 3 is 2.05 bits per heavy atom. The van der Waals surface area contributed by atoms with E-state index in [-0.39, 0.29) is 23.8 Å². The van der Waals surface area contributed by atoms with Crippen molar-refractivity contribution in [2.24, 2.45) is 0 Å². The molecule has 1 atom stereocenters. The maximum Gasteiger partial charge on any atom is 0.264 e. The lowest BCUT2D eigenvalue weighted by Crippen LogP contribution is -2.53. The van der Waals surface area contributed by atoms with E-state index < -0.39 is 28.5 Å². The number of anilines is 1. The summed E-state index contributed by atoms with van der Waals surface area (Å²) in [6, 6.07) is 31.6. The number of sulfonamides is 1. The fraction of sp³-hybridized carbons (Fsp3) is 0.278. The molecule has 0 radical (unpaired) electrons. The maximum absolute atomic E-state index is 14.5. The number of nitrogens with zero attached hydrogens (tertiary/aromatic N) is 2. The summed E-state index contributed by atoms with van der Waals surface area (Å²) in [5.74, 6) is -0.739. The molecule has 4 aromatic rings. The number of benzene rings is 4. The van der Waals surface area contributed by atoms with Crippen molar-refractivity contribution in [3.63, 3.8) is 0 Å². The molecule has 4 aromatic carbocycles. The Morgan fingerprint density at radius 2 is 1.41 bits per heavy atom. The summed E-state index contributed by atoms with van der Waals surface area (Å²) in [5.41, 5.74) is 4.09. The number of unbranched alkanes of at least 4 members (excludes halogenated alkanes) is 1. The zero-order valence-electron chi connectivity index (χ0n) is 25.6. The van der Waals surface area contributed by atoms with Crippen molar-refractivity contribution in [2.45, 2.75) is 57.5 Å². The van der Waals surface area contributed by atoms with Crippen LogP contribution in [0, 0.1) is 13.8 Å². The average Bonchev–Trinajstić information content (AvgIpc) is 3.03. The van der Waals surface area contributed by atoms with E-state index in [0.29, 0.717) is 12.2 Å². The smallest absolute Gasteiger partial charge is 0.264 e. The van der Waals surface area contributed by atoms with Crippen LogP contribution in [0.1, 0.15) is 42.0 Å². The van der Waals surface area contributed by atoms with E-state index in [1.165, 1.54) is 17.0 Å². The van der Waals surface area contributed by atoms with Crippen molar-refractivity contribution >= 4 is 27.5 Å². The molecule has 7 nitrogen and oxygen atoms in total. The van der Waals surface area contributed by atoms with E-state index in [0.717, 1.165) is 39.4 Å². The quantitative estimate of drug-likeness (QED) is 0.176. The lowest BCUT2D eigenvalue weighted by atomic mass is 10.0. The van der Waals surface area contributed by atoms with E-state index in [1.807, 2.05) is 80.6 Å². The lowest BCUT2D eigenvalue weighted by Gasteiger charge is -2.34. The average molecular weight is 612 g/mol. The van der Waals surface area contributed by atoms with Crippen LogP contribution in [0.4, 0.5) is 5.69 Å². The van der Waals surface area contributed by atoms with Gasteiger partial charge in [-0.05, 0) is 61.2 Å². The molecule has 0 spiro atoms. The third-order valence-electron chi connectivity index (χ3n) is 7.63. The van der Waals surface area contributed by atoms with Gasteiger partial charge in [0.05, 0.1) is 10.6 Å². The summed E-state index contributed by atoms with van der Waals surface area (Å²) in [6.45, 7) is 6.10. The lowest BCUT2D eigenvalue weighted by molar-refractivity contribution is -0.140. The van der Waals surface area contributed by atoms with Crippen LogP contribution in [0.15, 0.2) is 114 Å². The van der Waals surface area contributed by atoms with Crippen LogP contribution in [0.25, 0.3) is 0 Å². The highest BCUT2D eigenvalue weighted by molar-refractivity contribution is 7.92. The van der Waals surface area contributed by atoms with Crippen LogP contribution in [-0.2, 0) is 32.6 Å². The fourth-order valence-electron chi connectivity index (χ4n) is 4.99. The van der Waals surface area contributed by atoms with E-state index in [4.69, 9.17) is 0 Å². The number of nitrogens with one attached hydrogen (secondary N) is 1. The van der Waals surface area contributed by atoms with Crippen LogP contribution in [-0.4, -0.2) is 44.3 Å².